The van der Waals surface area contributed by atoms with Crippen molar-refractivity contribution in [2.24, 2.45) is 10.8 Å². The minimum atomic E-state index is -0.337. The number of aliphatic hydroxyl groups is 1. The van der Waals surface area contributed by atoms with Crippen LogP contribution < -0.4 is 0 Å². The molecular formula is C41H52IrNO4S-. The van der Waals surface area contributed by atoms with Crippen LogP contribution in [0.3, 0.4) is 0 Å². The van der Waals surface area contributed by atoms with Crippen molar-refractivity contribution in [3.05, 3.63) is 89.9 Å². The van der Waals surface area contributed by atoms with Gasteiger partial charge < -0.3 is 18.9 Å². The van der Waals surface area contributed by atoms with E-state index in [0.717, 1.165) is 63.9 Å². The summed E-state index contributed by atoms with van der Waals surface area (Å²) < 4.78 is 11.9. The number of carbonyl (C=O) groups excluding carboxylic acids is 1. The molecule has 5 nitrogen and oxygen atoms in total. The topological polar surface area (TPSA) is 76.5 Å². The molecule has 0 bridgehead atoms. The number of nitrogens with zero attached hydrogens (tertiary/aromatic N) is 1. The second kappa shape index (κ2) is 17.0. The van der Waals surface area contributed by atoms with E-state index in [0.29, 0.717) is 11.5 Å². The molecule has 0 atom stereocenters. The number of aliphatic hydroxyl groups excluding tert-OH is 1. The molecule has 1 radical (unpaired) electrons. The molecule has 0 fully saturated rings. The molecule has 3 heterocycles. The fourth-order valence-electron chi connectivity index (χ4n) is 5.27. The first-order valence-electron chi connectivity index (χ1n) is 16.5. The van der Waals surface area contributed by atoms with Crippen molar-refractivity contribution in [1.82, 2.24) is 4.98 Å². The number of carbonyl (C=O) groups is 1. The maximum absolute atomic E-state index is 12.2. The standard InChI is InChI=1S/C26H24NO2S.C15H28O2.Ir/c1-7-18-23-20(29-25(18)21-13-16(3)15-28-21)11-12-27-24(23)17-9-10-22(30-8-2)19(14-17)26(4,5)6;1-7-14(5,8-2)12(16)11-13(17)15(6,9-3)10-4;/h7-8,10-15H,1-2H2,3-6H3;11,16H,7-10H2,1-6H3;/q-1;;/b;12-11-;. The number of rotatable bonds is 12. The van der Waals surface area contributed by atoms with Gasteiger partial charge in [0.25, 0.3) is 0 Å². The van der Waals surface area contributed by atoms with Crippen molar-refractivity contribution in [2.45, 2.75) is 105 Å². The van der Waals surface area contributed by atoms with Gasteiger partial charge in [0.15, 0.2) is 17.3 Å². The molecule has 261 valence electrons. The predicted molar refractivity (Wildman–Crippen MR) is 199 cm³/mol. The molecule has 48 heavy (non-hydrogen) atoms. The van der Waals surface area contributed by atoms with E-state index in [1.165, 1.54) is 11.6 Å². The predicted octanol–water partition coefficient (Wildman–Crippen LogP) is 12.7. The molecule has 0 aliphatic rings. The average Bonchev–Trinajstić information content (AvgIpc) is 3.67. The average molecular weight is 847 g/mol. The van der Waals surface area contributed by atoms with Crippen LogP contribution in [-0.2, 0) is 30.3 Å². The molecule has 0 amide bonds. The fraction of sp³-hybridized carbons (Fsp3) is 0.415. The van der Waals surface area contributed by atoms with Crippen molar-refractivity contribution >= 4 is 34.6 Å². The Bertz CT molecular complexity index is 1750. The second-order valence-electron chi connectivity index (χ2n) is 13.7. The molecule has 0 saturated heterocycles. The van der Waals surface area contributed by atoms with E-state index in [4.69, 9.17) is 13.8 Å². The molecule has 0 spiro atoms. The number of aromatic nitrogens is 1. The maximum atomic E-state index is 12.2. The molecule has 0 unspecified atom stereocenters. The first-order valence-corrected chi connectivity index (χ1v) is 17.4. The third kappa shape index (κ3) is 8.91. The summed E-state index contributed by atoms with van der Waals surface area (Å²) in [5.74, 6) is 1.63. The summed E-state index contributed by atoms with van der Waals surface area (Å²) in [5.41, 5.74) is 4.99. The van der Waals surface area contributed by atoms with E-state index in [-0.39, 0.29) is 47.9 Å². The Morgan fingerprint density at radius 3 is 2.15 bits per heavy atom. The van der Waals surface area contributed by atoms with Crippen LogP contribution in [0.4, 0.5) is 0 Å². The summed E-state index contributed by atoms with van der Waals surface area (Å²) in [6.07, 6.45) is 10.0. The molecule has 4 rings (SSSR count). The molecule has 7 heteroatoms. The van der Waals surface area contributed by atoms with E-state index in [1.54, 1.807) is 30.3 Å². The van der Waals surface area contributed by atoms with Gasteiger partial charge in [-0.3, -0.25) is 4.79 Å². The molecule has 0 saturated carbocycles. The van der Waals surface area contributed by atoms with Crippen LogP contribution in [0.15, 0.2) is 80.9 Å². The number of fused-ring (bicyclic) bond motifs is 1. The summed E-state index contributed by atoms with van der Waals surface area (Å²) in [7, 11) is 0. The molecule has 4 aromatic rings. The number of ketones is 1. The van der Waals surface area contributed by atoms with Crippen LogP contribution >= 0.6 is 11.8 Å². The quantitative estimate of drug-likeness (QED) is 0.0662. The summed E-state index contributed by atoms with van der Waals surface area (Å²) in [6, 6.07) is 11.4. The number of hydrogen-bond acceptors (Lipinski definition) is 6. The normalized spacial score (nSPS) is 12.2. The SMILES string of the molecule is C=CSc1c[c-]c(-c2nccc3oc(-c4cc(C)co4)c(C=C)c23)cc1C(C)(C)C.CCC(C)(CC)C(=O)/C=C(\O)C(C)(CC)CC.[Ir]. The Hall–Kier alpha value is -3.12. The summed E-state index contributed by atoms with van der Waals surface area (Å²) >= 11 is 1.61. The van der Waals surface area contributed by atoms with Crippen LogP contribution in [0.2, 0.25) is 0 Å². The third-order valence-corrected chi connectivity index (χ3v) is 10.3. The van der Waals surface area contributed by atoms with Gasteiger partial charge in [-0.15, -0.1) is 29.3 Å². The van der Waals surface area contributed by atoms with Crippen molar-refractivity contribution in [2.75, 3.05) is 0 Å². The number of allylic oxidation sites excluding steroid dienone is 2. The van der Waals surface area contributed by atoms with Gasteiger partial charge in [-0.25, -0.2) is 0 Å². The smallest absolute Gasteiger partial charge is 0.177 e. The van der Waals surface area contributed by atoms with Crippen LogP contribution in [0.1, 0.15) is 105 Å². The van der Waals surface area contributed by atoms with Crippen molar-refractivity contribution in [3.8, 4) is 22.8 Å². The minimum absolute atomic E-state index is 0. The Kier molecular flexibility index (Phi) is 14.5. The fourth-order valence-corrected chi connectivity index (χ4v) is 6.07. The first kappa shape index (κ1) is 41.1. The van der Waals surface area contributed by atoms with E-state index < -0.39 is 0 Å². The van der Waals surface area contributed by atoms with Crippen molar-refractivity contribution in [1.29, 1.82) is 0 Å². The van der Waals surface area contributed by atoms with Crippen LogP contribution in [0.5, 0.6) is 0 Å². The Labute approximate surface area is 305 Å². The Balaban J connectivity index is 0.000000384. The van der Waals surface area contributed by atoms with Gasteiger partial charge in [0, 0.05) is 54.2 Å². The molecule has 1 N–H and O–H groups in total. The number of benzene rings is 1. The van der Waals surface area contributed by atoms with Gasteiger partial charge in [0.05, 0.1) is 6.26 Å². The molecule has 1 aromatic carbocycles. The number of thioether (sulfide) groups is 1. The zero-order valence-corrected chi connectivity index (χ0v) is 33.5. The second-order valence-corrected chi connectivity index (χ2v) is 14.7. The largest absolute Gasteiger partial charge is 0.512 e. The Morgan fingerprint density at radius 2 is 1.65 bits per heavy atom. The minimum Gasteiger partial charge on any atom is -0.512 e. The van der Waals surface area contributed by atoms with E-state index in [2.05, 4.69) is 46.1 Å². The van der Waals surface area contributed by atoms with Gasteiger partial charge in [-0.2, -0.15) is 11.8 Å². The van der Waals surface area contributed by atoms with E-state index in [9.17, 15) is 9.90 Å². The number of hydrogen-bond donors (Lipinski definition) is 1. The maximum Gasteiger partial charge on any atom is 0.177 e. The summed E-state index contributed by atoms with van der Waals surface area (Å²) in [6.45, 7) is 28.6. The van der Waals surface area contributed by atoms with Crippen LogP contribution in [0, 0.1) is 23.8 Å². The van der Waals surface area contributed by atoms with Crippen molar-refractivity contribution in [3.63, 3.8) is 0 Å². The van der Waals surface area contributed by atoms with Gasteiger partial charge in [-0.05, 0) is 66.8 Å². The van der Waals surface area contributed by atoms with Gasteiger partial charge in [-0.1, -0.05) is 86.4 Å². The number of aryl methyl sites for hydroxylation is 1. The van der Waals surface area contributed by atoms with Gasteiger partial charge in [0.2, 0.25) is 0 Å². The Morgan fingerprint density at radius 1 is 1.02 bits per heavy atom. The summed E-state index contributed by atoms with van der Waals surface area (Å²) in [5, 5.41) is 12.9. The van der Waals surface area contributed by atoms with Gasteiger partial charge >= 0.3 is 0 Å². The third-order valence-electron chi connectivity index (χ3n) is 9.59. The first-order chi connectivity index (χ1) is 22.1. The monoisotopic (exact) mass is 847 g/mol. The van der Waals surface area contributed by atoms with Gasteiger partial charge in [0.1, 0.15) is 11.3 Å². The zero-order valence-electron chi connectivity index (χ0n) is 30.3. The number of furan rings is 2. The number of pyridine rings is 1. The molecular weight excluding hydrogens is 795 g/mol. The molecule has 0 aliphatic heterocycles. The molecule has 3 aromatic heterocycles. The summed E-state index contributed by atoms with van der Waals surface area (Å²) in [4.78, 5) is 18.0. The zero-order chi connectivity index (χ0) is 35.2. The van der Waals surface area contributed by atoms with E-state index in [1.807, 2.05) is 72.1 Å². The van der Waals surface area contributed by atoms with Crippen LogP contribution in [-0.4, -0.2) is 15.9 Å². The molecule has 0 aliphatic carbocycles. The van der Waals surface area contributed by atoms with E-state index >= 15 is 0 Å². The van der Waals surface area contributed by atoms with Crippen LogP contribution in [0.25, 0.3) is 39.8 Å². The van der Waals surface area contributed by atoms with Crippen molar-refractivity contribution < 1.29 is 38.8 Å².